The van der Waals surface area contributed by atoms with Crippen molar-refractivity contribution in [2.75, 3.05) is 26.2 Å². The van der Waals surface area contributed by atoms with Gasteiger partial charge in [0.15, 0.2) is 0 Å². The Kier molecular flexibility index (Phi) is 4.51. The molecule has 1 atom stereocenters. The molecule has 2 heterocycles. The fourth-order valence-electron chi connectivity index (χ4n) is 2.34. The van der Waals surface area contributed by atoms with Gasteiger partial charge in [0.05, 0.1) is 6.54 Å². The minimum Gasteiger partial charge on any atom is -0.480 e. The lowest BCUT2D eigenvalue weighted by molar-refractivity contribution is -0.136. The number of carboxylic acid groups (broad SMARTS) is 1. The van der Waals surface area contributed by atoms with E-state index in [1.54, 1.807) is 17.2 Å². The number of H-pyrrole nitrogens is 1. The summed E-state index contributed by atoms with van der Waals surface area (Å²) in [4.78, 5) is 24.4. The lowest BCUT2D eigenvalue weighted by Gasteiger charge is -2.32. The van der Waals surface area contributed by atoms with E-state index in [4.69, 9.17) is 5.11 Å². The van der Waals surface area contributed by atoms with Crippen LogP contribution in [0.4, 0.5) is 0 Å². The Morgan fingerprint density at radius 3 is 3.11 bits per heavy atom. The van der Waals surface area contributed by atoms with Gasteiger partial charge in [-0.05, 0) is 24.8 Å². The topological polar surface area (TPSA) is 98.3 Å². The highest BCUT2D eigenvalue weighted by Crippen LogP contribution is 2.17. The molecule has 104 valence electrons. The molecule has 0 saturated carbocycles. The lowest BCUT2D eigenvalue weighted by Crippen LogP contribution is -2.43. The number of rotatable bonds is 5. The van der Waals surface area contributed by atoms with Gasteiger partial charge in [-0.2, -0.15) is 5.10 Å². The van der Waals surface area contributed by atoms with E-state index in [0.717, 1.165) is 19.4 Å². The number of aliphatic carboxylic acids is 1. The fourth-order valence-corrected chi connectivity index (χ4v) is 2.34. The molecular formula is C12H18N4O3. The van der Waals surface area contributed by atoms with Crippen molar-refractivity contribution in [1.82, 2.24) is 20.4 Å². The van der Waals surface area contributed by atoms with Crippen LogP contribution < -0.4 is 5.32 Å². The molecule has 1 aromatic rings. The highest BCUT2D eigenvalue weighted by molar-refractivity contribution is 5.92. The SMILES string of the molecule is O=C(O)CNCC1CCCN(C(=O)c2ccn[nH]2)C1. The van der Waals surface area contributed by atoms with Crippen molar-refractivity contribution in [3.8, 4) is 0 Å². The van der Waals surface area contributed by atoms with Gasteiger partial charge in [-0.3, -0.25) is 14.7 Å². The van der Waals surface area contributed by atoms with Crippen LogP contribution in [0.5, 0.6) is 0 Å². The molecule has 1 fully saturated rings. The summed E-state index contributed by atoms with van der Waals surface area (Å²) in [6.07, 6.45) is 3.52. The van der Waals surface area contributed by atoms with Crippen molar-refractivity contribution in [2.24, 2.45) is 5.92 Å². The molecule has 0 aromatic carbocycles. The second kappa shape index (κ2) is 6.33. The van der Waals surface area contributed by atoms with Crippen LogP contribution in [0.25, 0.3) is 0 Å². The third kappa shape index (κ3) is 3.78. The second-order valence-corrected chi connectivity index (χ2v) is 4.75. The number of likely N-dealkylation sites (tertiary alicyclic amines) is 1. The van der Waals surface area contributed by atoms with Crippen molar-refractivity contribution in [3.63, 3.8) is 0 Å². The zero-order valence-electron chi connectivity index (χ0n) is 10.6. The smallest absolute Gasteiger partial charge is 0.317 e. The molecule has 0 aliphatic carbocycles. The van der Waals surface area contributed by atoms with E-state index in [0.29, 0.717) is 24.7 Å². The monoisotopic (exact) mass is 266 g/mol. The quantitative estimate of drug-likeness (QED) is 0.693. The zero-order valence-corrected chi connectivity index (χ0v) is 10.6. The number of piperidine rings is 1. The van der Waals surface area contributed by atoms with E-state index < -0.39 is 5.97 Å². The highest BCUT2D eigenvalue weighted by atomic mass is 16.4. The number of hydrogen-bond donors (Lipinski definition) is 3. The number of carbonyl (C=O) groups is 2. The molecule has 1 aliphatic heterocycles. The number of aromatic amines is 1. The molecule has 1 unspecified atom stereocenters. The van der Waals surface area contributed by atoms with E-state index in [9.17, 15) is 9.59 Å². The Morgan fingerprint density at radius 2 is 2.42 bits per heavy atom. The summed E-state index contributed by atoms with van der Waals surface area (Å²) < 4.78 is 0. The normalized spacial score (nSPS) is 19.4. The van der Waals surface area contributed by atoms with Crippen molar-refractivity contribution >= 4 is 11.9 Å². The van der Waals surface area contributed by atoms with Gasteiger partial charge >= 0.3 is 5.97 Å². The first-order valence-corrected chi connectivity index (χ1v) is 6.38. The van der Waals surface area contributed by atoms with Crippen LogP contribution in [0.15, 0.2) is 12.3 Å². The minimum atomic E-state index is -0.860. The van der Waals surface area contributed by atoms with Crippen molar-refractivity contribution in [3.05, 3.63) is 18.0 Å². The third-order valence-corrected chi connectivity index (χ3v) is 3.25. The van der Waals surface area contributed by atoms with E-state index in [1.807, 2.05) is 0 Å². The largest absolute Gasteiger partial charge is 0.480 e. The maximum absolute atomic E-state index is 12.1. The Labute approximate surface area is 111 Å². The van der Waals surface area contributed by atoms with Gasteiger partial charge in [0, 0.05) is 25.8 Å². The van der Waals surface area contributed by atoms with Crippen LogP contribution in [0.1, 0.15) is 23.3 Å². The van der Waals surface area contributed by atoms with Crippen molar-refractivity contribution in [2.45, 2.75) is 12.8 Å². The van der Waals surface area contributed by atoms with Crippen LogP contribution in [-0.4, -0.2) is 58.3 Å². The third-order valence-electron chi connectivity index (χ3n) is 3.25. The molecule has 0 radical (unpaired) electrons. The maximum Gasteiger partial charge on any atom is 0.317 e. The van der Waals surface area contributed by atoms with Gasteiger partial charge in [0.25, 0.3) is 5.91 Å². The minimum absolute atomic E-state index is 0.0367. The highest BCUT2D eigenvalue weighted by Gasteiger charge is 2.24. The van der Waals surface area contributed by atoms with E-state index >= 15 is 0 Å². The second-order valence-electron chi connectivity index (χ2n) is 4.75. The summed E-state index contributed by atoms with van der Waals surface area (Å²) in [6, 6.07) is 1.66. The number of hydrogen-bond acceptors (Lipinski definition) is 4. The number of carbonyl (C=O) groups excluding carboxylic acids is 1. The number of aromatic nitrogens is 2. The summed E-state index contributed by atoms with van der Waals surface area (Å²) in [5.74, 6) is -0.596. The van der Waals surface area contributed by atoms with Crippen LogP contribution in [-0.2, 0) is 4.79 Å². The first-order chi connectivity index (χ1) is 9.16. The van der Waals surface area contributed by atoms with E-state index in [-0.39, 0.29) is 12.5 Å². The number of nitrogens with one attached hydrogen (secondary N) is 2. The first-order valence-electron chi connectivity index (χ1n) is 6.38. The summed E-state index contributed by atoms with van der Waals surface area (Å²) in [6.45, 7) is 1.99. The predicted octanol–water partition coefficient (Wildman–Crippen LogP) is -0.0639. The summed E-state index contributed by atoms with van der Waals surface area (Å²) >= 11 is 0. The number of carboxylic acids is 1. The molecule has 7 nitrogen and oxygen atoms in total. The Balaban J connectivity index is 1.83. The molecule has 19 heavy (non-hydrogen) atoms. The van der Waals surface area contributed by atoms with Gasteiger partial charge in [0.1, 0.15) is 5.69 Å². The van der Waals surface area contributed by atoms with Gasteiger partial charge in [-0.15, -0.1) is 0 Å². The average molecular weight is 266 g/mol. The summed E-state index contributed by atoms with van der Waals surface area (Å²) in [5.41, 5.74) is 0.499. The van der Waals surface area contributed by atoms with E-state index in [1.165, 1.54) is 0 Å². The van der Waals surface area contributed by atoms with Gasteiger partial charge < -0.3 is 15.3 Å². The van der Waals surface area contributed by atoms with Gasteiger partial charge in [-0.1, -0.05) is 0 Å². The van der Waals surface area contributed by atoms with Crippen molar-refractivity contribution < 1.29 is 14.7 Å². The Bertz CT molecular complexity index is 432. The molecule has 0 spiro atoms. The lowest BCUT2D eigenvalue weighted by atomic mass is 9.97. The Hall–Kier alpha value is -1.89. The van der Waals surface area contributed by atoms with E-state index in [2.05, 4.69) is 15.5 Å². The van der Waals surface area contributed by atoms with Gasteiger partial charge in [-0.25, -0.2) is 0 Å². The molecule has 1 saturated heterocycles. The number of amides is 1. The molecule has 1 amide bonds. The molecule has 3 N–H and O–H groups in total. The van der Waals surface area contributed by atoms with Gasteiger partial charge in [0.2, 0.25) is 0 Å². The number of nitrogens with zero attached hydrogens (tertiary/aromatic N) is 2. The molecule has 1 aliphatic rings. The predicted molar refractivity (Wildman–Crippen MR) is 67.7 cm³/mol. The Morgan fingerprint density at radius 1 is 1.58 bits per heavy atom. The van der Waals surface area contributed by atoms with Crippen LogP contribution in [0.2, 0.25) is 0 Å². The average Bonchev–Trinajstić information content (AvgIpc) is 2.91. The maximum atomic E-state index is 12.1. The van der Waals surface area contributed by atoms with Crippen LogP contribution in [0.3, 0.4) is 0 Å². The molecular weight excluding hydrogens is 248 g/mol. The molecule has 1 aromatic heterocycles. The molecule has 0 bridgehead atoms. The molecule has 7 heteroatoms. The zero-order chi connectivity index (χ0) is 13.7. The fraction of sp³-hybridized carbons (Fsp3) is 0.583. The van der Waals surface area contributed by atoms with Crippen LogP contribution >= 0.6 is 0 Å². The summed E-state index contributed by atoms with van der Waals surface area (Å²) in [7, 11) is 0. The standard InChI is InChI=1S/C12H18N4O3/c17-11(18)7-13-6-9-2-1-5-16(8-9)12(19)10-3-4-14-15-10/h3-4,9,13H,1-2,5-8H2,(H,14,15)(H,17,18). The summed E-state index contributed by atoms with van der Waals surface area (Å²) in [5, 5.41) is 17.9. The van der Waals surface area contributed by atoms with Crippen molar-refractivity contribution in [1.29, 1.82) is 0 Å². The van der Waals surface area contributed by atoms with Crippen LogP contribution in [0, 0.1) is 5.92 Å². The first kappa shape index (κ1) is 13.5. The molecule has 2 rings (SSSR count).